The Kier molecular flexibility index (Phi) is 15.3. The predicted octanol–water partition coefficient (Wildman–Crippen LogP) is 2.97. The maximum Gasteiger partial charge on any atom is 2.00 e. The van der Waals surface area contributed by atoms with Crippen molar-refractivity contribution in [1.29, 1.82) is 0 Å². The van der Waals surface area contributed by atoms with Crippen LogP contribution in [-0.4, -0.2) is 11.9 Å². The summed E-state index contributed by atoms with van der Waals surface area (Å²) < 4.78 is 0. The van der Waals surface area contributed by atoms with Gasteiger partial charge in [0.15, 0.2) is 0 Å². The average molecular weight is 397 g/mol. The Labute approximate surface area is 163 Å². The van der Waals surface area contributed by atoms with Crippen molar-refractivity contribution in [1.82, 2.24) is 0 Å². The van der Waals surface area contributed by atoms with E-state index in [2.05, 4.69) is 0 Å². The third-order valence-electron chi connectivity index (χ3n) is 5.44. The Morgan fingerprint density at radius 1 is 0.640 bits per heavy atom. The normalized spacial score (nSPS) is 18.6. The summed E-state index contributed by atoms with van der Waals surface area (Å²) in [5.41, 5.74) is 0. The molecule has 0 unspecified atom stereocenters. The Morgan fingerprint density at radius 3 is 1.24 bits per heavy atom. The van der Waals surface area contributed by atoms with Crippen LogP contribution in [0.5, 0.6) is 0 Å². The van der Waals surface area contributed by atoms with Crippen molar-refractivity contribution in [2.45, 2.75) is 103 Å². The first-order chi connectivity index (χ1) is 11.6. The molecule has 2 aliphatic carbocycles. The molecule has 4 nitrogen and oxygen atoms in total. The summed E-state index contributed by atoms with van der Waals surface area (Å²) in [4.78, 5) is 20.3. The van der Waals surface area contributed by atoms with Gasteiger partial charge in [-0.05, 0) is 37.5 Å². The van der Waals surface area contributed by atoms with Crippen LogP contribution in [0.15, 0.2) is 0 Å². The van der Waals surface area contributed by atoms with Crippen molar-refractivity contribution < 1.29 is 36.3 Å². The molecule has 2 saturated carbocycles. The molecule has 2 rings (SSSR count). The number of carboxylic acid groups (broad SMARTS) is 2. The van der Waals surface area contributed by atoms with Gasteiger partial charge in [0, 0.05) is 11.9 Å². The third kappa shape index (κ3) is 14.3. The topological polar surface area (TPSA) is 80.3 Å². The van der Waals surface area contributed by atoms with Crippen molar-refractivity contribution >= 4 is 11.9 Å². The van der Waals surface area contributed by atoms with E-state index in [9.17, 15) is 19.8 Å². The molecule has 0 amide bonds. The smallest absolute Gasteiger partial charge is 0.550 e. The van der Waals surface area contributed by atoms with Crippen LogP contribution in [0.1, 0.15) is 103 Å². The number of carboxylic acids is 2. The van der Waals surface area contributed by atoms with Gasteiger partial charge in [-0.3, -0.25) is 0 Å². The quantitative estimate of drug-likeness (QED) is 0.590. The summed E-state index contributed by atoms with van der Waals surface area (Å²) in [6, 6.07) is 0. The molecule has 0 saturated heterocycles. The van der Waals surface area contributed by atoms with Crippen LogP contribution in [0.4, 0.5) is 0 Å². The molecule has 0 heterocycles. The second-order valence-electron chi connectivity index (χ2n) is 7.54. The minimum Gasteiger partial charge on any atom is -0.550 e. The molecule has 25 heavy (non-hydrogen) atoms. The molecule has 0 aromatic rings. The molecule has 0 radical (unpaired) electrons. The fraction of sp³-hybridized carbons (Fsp3) is 0.900. The second-order valence-corrected chi connectivity index (χ2v) is 7.54. The number of rotatable bonds is 8. The summed E-state index contributed by atoms with van der Waals surface area (Å²) >= 11 is 0. The fourth-order valence-electron chi connectivity index (χ4n) is 4.02. The summed E-state index contributed by atoms with van der Waals surface area (Å²) in [6.45, 7) is 0. The maximum absolute atomic E-state index is 10.1. The molecule has 0 N–H and O–H groups in total. The minimum absolute atomic E-state index is 0. The summed E-state index contributed by atoms with van der Waals surface area (Å²) in [6.07, 6.45) is 17.7. The Balaban J connectivity index is 0.000000443. The van der Waals surface area contributed by atoms with E-state index >= 15 is 0 Å². The maximum atomic E-state index is 10.1. The fourth-order valence-corrected chi connectivity index (χ4v) is 4.02. The first-order valence-corrected chi connectivity index (χ1v) is 9.97. The van der Waals surface area contributed by atoms with Gasteiger partial charge in [-0.15, -0.1) is 0 Å². The van der Waals surface area contributed by atoms with Gasteiger partial charge in [0.1, 0.15) is 0 Å². The van der Waals surface area contributed by atoms with E-state index in [0.29, 0.717) is 0 Å². The third-order valence-corrected chi connectivity index (χ3v) is 5.44. The molecule has 0 aromatic carbocycles. The van der Waals surface area contributed by atoms with Crippen molar-refractivity contribution in [3.63, 3.8) is 0 Å². The molecule has 0 aliphatic heterocycles. The average Bonchev–Trinajstić information content (AvgIpc) is 2.57. The zero-order valence-corrected chi connectivity index (χ0v) is 16.4. The van der Waals surface area contributed by atoms with E-state index in [1.807, 2.05) is 0 Å². The molecule has 2 aliphatic rings. The number of hydrogen-bond acceptors (Lipinski definition) is 4. The summed E-state index contributed by atoms with van der Waals surface area (Å²) in [7, 11) is 0. The van der Waals surface area contributed by atoms with Crippen LogP contribution in [0.25, 0.3) is 0 Å². The summed E-state index contributed by atoms with van der Waals surface area (Å²) in [5.74, 6) is -0.187. The van der Waals surface area contributed by atoms with E-state index in [1.54, 1.807) is 0 Å². The Hall–Kier alpha value is -0.566. The second kappa shape index (κ2) is 15.7. The molecule has 0 bridgehead atoms. The largest absolute Gasteiger partial charge is 2.00 e. The van der Waals surface area contributed by atoms with Gasteiger partial charge < -0.3 is 19.8 Å². The van der Waals surface area contributed by atoms with Gasteiger partial charge in [0.05, 0.1) is 0 Å². The van der Waals surface area contributed by atoms with Crippen molar-refractivity contribution in [2.24, 2.45) is 11.8 Å². The first kappa shape index (κ1) is 24.4. The molecule has 0 aromatic heterocycles. The van der Waals surface area contributed by atoms with Gasteiger partial charge in [-0.2, -0.15) is 0 Å². The van der Waals surface area contributed by atoms with Crippen molar-refractivity contribution in [3.05, 3.63) is 0 Å². The van der Waals surface area contributed by atoms with Crippen LogP contribution >= 0.6 is 0 Å². The molecule has 0 spiro atoms. The van der Waals surface area contributed by atoms with Gasteiger partial charge in [0.25, 0.3) is 0 Å². The van der Waals surface area contributed by atoms with E-state index in [0.717, 1.165) is 37.5 Å². The monoisotopic (exact) mass is 396 g/mol. The zero-order valence-electron chi connectivity index (χ0n) is 15.4. The van der Waals surface area contributed by atoms with Crippen LogP contribution < -0.4 is 10.2 Å². The molecular formula is C20H34NiO4. The first-order valence-electron chi connectivity index (χ1n) is 9.97. The van der Waals surface area contributed by atoms with Gasteiger partial charge in [0.2, 0.25) is 0 Å². The van der Waals surface area contributed by atoms with E-state index in [1.165, 1.54) is 64.2 Å². The number of aliphatic carboxylic acids is 2. The Bertz CT molecular complexity index is 314. The molecule has 2 fully saturated rings. The Morgan fingerprint density at radius 2 is 0.960 bits per heavy atom. The molecular weight excluding hydrogens is 363 g/mol. The number of carbonyl (C=O) groups excluding carboxylic acids is 2. The van der Waals surface area contributed by atoms with Gasteiger partial charge >= 0.3 is 16.5 Å². The van der Waals surface area contributed by atoms with Crippen molar-refractivity contribution in [3.8, 4) is 0 Å². The van der Waals surface area contributed by atoms with E-state index < -0.39 is 11.9 Å². The van der Waals surface area contributed by atoms with Crippen LogP contribution in [0.2, 0.25) is 0 Å². The van der Waals surface area contributed by atoms with Gasteiger partial charge in [-0.25, -0.2) is 0 Å². The minimum atomic E-state index is -0.897. The number of hydrogen-bond donors (Lipinski definition) is 0. The summed E-state index contributed by atoms with van der Waals surface area (Å²) in [5, 5.41) is 20.3. The van der Waals surface area contributed by atoms with Gasteiger partial charge in [-0.1, -0.05) is 77.0 Å². The molecule has 148 valence electrons. The standard InChI is InChI=1S/2C10H18O2.Ni/c2*11-10(12)8-4-7-9-5-2-1-3-6-9;/h2*9H,1-8H2,(H,11,12);/q;;+2/p-2. The molecule has 0 atom stereocenters. The molecule has 5 heteroatoms. The van der Waals surface area contributed by atoms with Crippen LogP contribution in [-0.2, 0) is 26.1 Å². The number of carbonyl (C=O) groups is 2. The SMILES string of the molecule is O=C([O-])CCCC1CCCCC1.O=C([O-])CCCC1CCCCC1.[Ni+2]. The van der Waals surface area contributed by atoms with Crippen LogP contribution in [0, 0.1) is 11.8 Å². The van der Waals surface area contributed by atoms with Crippen LogP contribution in [0.3, 0.4) is 0 Å². The van der Waals surface area contributed by atoms with E-state index in [-0.39, 0.29) is 29.3 Å². The van der Waals surface area contributed by atoms with E-state index in [4.69, 9.17) is 0 Å². The predicted molar refractivity (Wildman–Crippen MR) is 90.9 cm³/mol. The van der Waals surface area contributed by atoms with Crippen molar-refractivity contribution in [2.75, 3.05) is 0 Å². The zero-order chi connectivity index (χ0) is 17.6.